The zero-order chi connectivity index (χ0) is 18.8. The van der Waals surface area contributed by atoms with Crippen LogP contribution in [0.25, 0.3) is 16.7 Å². The summed E-state index contributed by atoms with van der Waals surface area (Å²) in [5.41, 5.74) is 4.62. The molecule has 1 aliphatic heterocycles. The summed E-state index contributed by atoms with van der Waals surface area (Å²) in [6.45, 7) is 4.50. The Labute approximate surface area is 156 Å². The molecule has 5 heteroatoms. The summed E-state index contributed by atoms with van der Waals surface area (Å²) in [7, 11) is 0. The van der Waals surface area contributed by atoms with Crippen LogP contribution in [0.2, 0.25) is 5.02 Å². The lowest BCUT2D eigenvalue weighted by molar-refractivity contribution is -0.117. The highest BCUT2D eigenvalue weighted by molar-refractivity contribution is 6.31. The Morgan fingerprint density at radius 1 is 1.12 bits per heavy atom. The Balaban J connectivity index is 2.15. The number of rotatable bonds is 2. The zero-order valence-electron chi connectivity index (χ0n) is 14.8. The molecule has 3 rings (SSSR count). The molecule has 1 aliphatic rings. The van der Waals surface area contributed by atoms with Gasteiger partial charge in [-0.15, -0.1) is 0 Å². The number of allylic oxidation sites excluding steroid dienone is 1. The van der Waals surface area contributed by atoms with E-state index in [1.807, 2.05) is 19.9 Å². The van der Waals surface area contributed by atoms with Crippen molar-refractivity contribution in [2.75, 3.05) is 6.54 Å². The molecule has 136 valence electrons. The van der Waals surface area contributed by atoms with E-state index in [2.05, 4.69) is 5.32 Å². The minimum Gasteiger partial charge on any atom is -0.352 e. The third kappa shape index (κ3) is 3.65. The number of hydrogen-bond donors (Lipinski definition) is 1. The van der Waals surface area contributed by atoms with E-state index >= 15 is 0 Å². The van der Waals surface area contributed by atoms with Gasteiger partial charge in [0.05, 0.1) is 0 Å². The fourth-order valence-corrected chi connectivity index (χ4v) is 3.62. The van der Waals surface area contributed by atoms with Crippen molar-refractivity contribution in [3.05, 3.63) is 63.7 Å². The number of benzene rings is 2. The highest BCUT2D eigenvalue weighted by Gasteiger charge is 2.19. The van der Waals surface area contributed by atoms with Crippen molar-refractivity contribution < 1.29 is 13.6 Å². The molecule has 1 saturated heterocycles. The fourth-order valence-electron chi connectivity index (χ4n) is 3.40. The van der Waals surface area contributed by atoms with Crippen LogP contribution in [0, 0.1) is 18.6 Å². The average molecular weight is 376 g/mol. The molecule has 2 nitrogen and oxygen atoms in total. The Morgan fingerprint density at radius 2 is 1.88 bits per heavy atom. The van der Waals surface area contributed by atoms with Crippen LogP contribution in [-0.2, 0) is 4.79 Å². The number of carbonyl (C=O) groups excluding carboxylic acids is 1. The van der Waals surface area contributed by atoms with Crippen LogP contribution in [-0.4, -0.2) is 12.5 Å². The van der Waals surface area contributed by atoms with Crippen LogP contribution in [0.15, 0.2) is 35.9 Å². The average Bonchev–Trinajstić information content (AvgIpc) is 2.83. The van der Waals surface area contributed by atoms with Gasteiger partial charge in [0.15, 0.2) is 11.6 Å². The predicted octanol–water partition coefficient (Wildman–Crippen LogP) is 5.67. The summed E-state index contributed by atoms with van der Waals surface area (Å²) >= 11 is 6.30. The minimum atomic E-state index is -0.901. The molecule has 2 aromatic rings. The van der Waals surface area contributed by atoms with Crippen molar-refractivity contribution in [2.24, 2.45) is 0 Å². The molecule has 1 amide bonds. The molecule has 1 fully saturated rings. The van der Waals surface area contributed by atoms with Gasteiger partial charge in [0, 0.05) is 17.1 Å². The fraction of sp³-hybridized carbons (Fsp3) is 0.286. The number of amides is 1. The zero-order valence-corrected chi connectivity index (χ0v) is 15.5. The molecule has 2 aromatic carbocycles. The van der Waals surface area contributed by atoms with Gasteiger partial charge in [-0.05, 0) is 85.2 Å². The van der Waals surface area contributed by atoms with E-state index in [4.69, 9.17) is 11.6 Å². The molecule has 0 spiro atoms. The molecule has 0 aromatic heterocycles. The lowest BCUT2D eigenvalue weighted by Crippen LogP contribution is -2.24. The topological polar surface area (TPSA) is 29.1 Å². The third-order valence-electron chi connectivity index (χ3n) is 4.87. The van der Waals surface area contributed by atoms with Gasteiger partial charge in [-0.1, -0.05) is 17.7 Å². The van der Waals surface area contributed by atoms with Gasteiger partial charge < -0.3 is 5.32 Å². The highest BCUT2D eigenvalue weighted by Crippen LogP contribution is 2.35. The summed E-state index contributed by atoms with van der Waals surface area (Å²) in [5.74, 6) is -1.84. The van der Waals surface area contributed by atoms with Crippen molar-refractivity contribution in [3.63, 3.8) is 0 Å². The summed E-state index contributed by atoms with van der Waals surface area (Å²) in [4.78, 5) is 12.4. The first-order valence-corrected chi connectivity index (χ1v) is 9.00. The lowest BCUT2D eigenvalue weighted by atomic mass is 9.90. The van der Waals surface area contributed by atoms with Gasteiger partial charge in [-0.25, -0.2) is 8.78 Å². The Kier molecular flexibility index (Phi) is 5.42. The monoisotopic (exact) mass is 375 g/mol. The van der Waals surface area contributed by atoms with Crippen molar-refractivity contribution in [1.29, 1.82) is 0 Å². The van der Waals surface area contributed by atoms with Crippen LogP contribution in [0.4, 0.5) is 8.78 Å². The molecular weight excluding hydrogens is 356 g/mol. The van der Waals surface area contributed by atoms with Crippen LogP contribution in [0.5, 0.6) is 0 Å². The number of halogens is 3. The first-order valence-electron chi connectivity index (χ1n) is 8.62. The van der Waals surface area contributed by atoms with Gasteiger partial charge in [-0.3, -0.25) is 4.79 Å². The van der Waals surface area contributed by atoms with E-state index in [0.29, 0.717) is 23.6 Å². The summed E-state index contributed by atoms with van der Waals surface area (Å²) in [5, 5.41) is 3.40. The number of carbonyl (C=O) groups is 1. The maximum Gasteiger partial charge on any atom is 0.247 e. The second-order valence-corrected chi connectivity index (χ2v) is 7.01. The first kappa shape index (κ1) is 18.6. The standard InChI is InChI=1S/C21H20ClF2NO/c1-12(16-5-3-4-8-25-21(16)26)17-10-15(22)11-18(13(17)2)14-6-7-19(23)20(24)9-14/h6-7,9-11H,3-5,8H2,1-2H3,(H,25,26)/b16-12+. The van der Waals surface area contributed by atoms with Crippen molar-refractivity contribution in [3.8, 4) is 11.1 Å². The second-order valence-electron chi connectivity index (χ2n) is 6.57. The molecule has 0 aliphatic carbocycles. The van der Waals surface area contributed by atoms with E-state index in [9.17, 15) is 13.6 Å². The first-order chi connectivity index (χ1) is 12.4. The smallest absolute Gasteiger partial charge is 0.247 e. The van der Waals surface area contributed by atoms with Crippen LogP contribution in [0.3, 0.4) is 0 Å². The molecule has 0 unspecified atom stereocenters. The Bertz CT molecular complexity index is 905. The molecular formula is C21H20ClF2NO. The molecule has 0 bridgehead atoms. The maximum absolute atomic E-state index is 13.7. The lowest BCUT2D eigenvalue weighted by Gasteiger charge is -2.16. The van der Waals surface area contributed by atoms with E-state index < -0.39 is 11.6 Å². The Hall–Kier alpha value is -2.20. The SMILES string of the molecule is C/C(=C1/CCCCNC1=O)c1cc(Cl)cc(-c2ccc(F)c(F)c2)c1C. The van der Waals surface area contributed by atoms with Crippen LogP contribution in [0.1, 0.15) is 37.3 Å². The van der Waals surface area contributed by atoms with Crippen molar-refractivity contribution in [2.45, 2.75) is 33.1 Å². The van der Waals surface area contributed by atoms with Gasteiger partial charge in [0.1, 0.15) is 0 Å². The molecule has 26 heavy (non-hydrogen) atoms. The van der Waals surface area contributed by atoms with Crippen LogP contribution >= 0.6 is 11.6 Å². The number of hydrogen-bond acceptors (Lipinski definition) is 1. The molecule has 1 heterocycles. The molecule has 0 radical (unpaired) electrons. The highest BCUT2D eigenvalue weighted by atomic mass is 35.5. The maximum atomic E-state index is 13.7. The molecule has 0 saturated carbocycles. The van der Waals surface area contributed by atoms with Gasteiger partial charge in [0.2, 0.25) is 5.91 Å². The second kappa shape index (κ2) is 7.58. The summed E-state index contributed by atoms with van der Waals surface area (Å²) in [6, 6.07) is 7.36. The van der Waals surface area contributed by atoms with Gasteiger partial charge in [0.25, 0.3) is 0 Å². The van der Waals surface area contributed by atoms with Crippen molar-refractivity contribution in [1.82, 2.24) is 5.32 Å². The predicted molar refractivity (Wildman–Crippen MR) is 101 cm³/mol. The van der Waals surface area contributed by atoms with Gasteiger partial charge in [-0.2, -0.15) is 0 Å². The molecule has 1 N–H and O–H groups in total. The van der Waals surface area contributed by atoms with E-state index in [-0.39, 0.29) is 5.91 Å². The van der Waals surface area contributed by atoms with Gasteiger partial charge >= 0.3 is 0 Å². The number of nitrogens with one attached hydrogen (secondary N) is 1. The normalized spacial score (nSPS) is 16.9. The Morgan fingerprint density at radius 3 is 2.62 bits per heavy atom. The summed E-state index contributed by atoms with van der Waals surface area (Å²) in [6.07, 6.45) is 2.61. The largest absolute Gasteiger partial charge is 0.352 e. The van der Waals surface area contributed by atoms with Crippen LogP contribution < -0.4 is 5.32 Å². The van der Waals surface area contributed by atoms with E-state index in [0.717, 1.165) is 46.7 Å². The van der Waals surface area contributed by atoms with E-state index in [1.54, 1.807) is 6.07 Å². The third-order valence-corrected chi connectivity index (χ3v) is 5.09. The van der Waals surface area contributed by atoms with E-state index in [1.165, 1.54) is 12.1 Å². The minimum absolute atomic E-state index is 0.0475. The summed E-state index contributed by atoms with van der Waals surface area (Å²) < 4.78 is 26.9. The quantitative estimate of drug-likeness (QED) is 0.673. The van der Waals surface area contributed by atoms with Crippen molar-refractivity contribution >= 4 is 23.1 Å². The molecule has 0 atom stereocenters.